The van der Waals surface area contributed by atoms with E-state index < -0.39 is 0 Å². The molecule has 0 radical (unpaired) electrons. The second-order valence-electron chi connectivity index (χ2n) is 5.67. The minimum atomic E-state index is 0.0565. The maximum absolute atomic E-state index is 12.0. The zero-order chi connectivity index (χ0) is 14.4. The summed E-state index contributed by atoms with van der Waals surface area (Å²) in [5.74, 6) is 0.0565. The number of hydrogen-bond acceptors (Lipinski definition) is 2. The van der Waals surface area contributed by atoms with Crippen LogP contribution in [0, 0.1) is 0 Å². The lowest BCUT2D eigenvalue weighted by molar-refractivity contribution is -0.121. The number of carbonyl (C=O) groups is 1. The Morgan fingerprint density at radius 2 is 2.05 bits per heavy atom. The first-order valence-corrected chi connectivity index (χ1v) is 7.73. The smallest absolute Gasteiger partial charge is 0.224 e. The molecule has 0 saturated carbocycles. The van der Waals surface area contributed by atoms with Gasteiger partial charge in [0.05, 0.1) is 6.42 Å². The van der Waals surface area contributed by atoms with Gasteiger partial charge in [-0.3, -0.25) is 4.79 Å². The van der Waals surface area contributed by atoms with Crippen molar-refractivity contribution in [1.29, 1.82) is 0 Å². The highest BCUT2D eigenvalue weighted by Gasteiger charge is 2.13. The molecular formula is C17H25NO2. The summed E-state index contributed by atoms with van der Waals surface area (Å²) in [6.45, 7) is 2.15. The molecule has 110 valence electrons. The van der Waals surface area contributed by atoms with E-state index in [4.69, 9.17) is 5.11 Å². The number of hydrogen-bond donors (Lipinski definition) is 2. The van der Waals surface area contributed by atoms with Gasteiger partial charge < -0.3 is 10.4 Å². The van der Waals surface area contributed by atoms with E-state index in [1.807, 2.05) is 6.92 Å². The molecule has 0 saturated heterocycles. The normalized spacial score (nSPS) is 15.5. The van der Waals surface area contributed by atoms with Gasteiger partial charge in [0.25, 0.3) is 0 Å². The molecule has 0 aliphatic heterocycles. The summed E-state index contributed by atoms with van der Waals surface area (Å²) in [5, 5.41) is 11.9. The van der Waals surface area contributed by atoms with Gasteiger partial charge in [0.1, 0.15) is 0 Å². The van der Waals surface area contributed by atoms with Gasteiger partial charge >= 0.3 is 0 Å². The van der Waals surface area contributed by atoms with Crippen LogP contribution in [0.4, 0.5) is 0 Å². The number of aliphatic hydroxyl groups is 1. The first-order valence-electron chi connectivity index (χ1n) is 7.73. The monoisotopic (exact) mass is 275 g/mol. The molecule has 0 aromatic heterocycles. The van der Waals surface area contributed by atoms with Crippen molar-refractivity contribution in [3.8, 4) is 0 Å². The molecule has 1 aliphatic carbocycles. The Labute approximate surface area is 121 Å². The molecule has 2 rings (SSSR count). The average Bonchev–Trinajstić information content (AvgIpc) is 2.46. The molecular weight excluding hydrogens is 250 g/mol. The van der Waals surface area contributed by atoms with E-state index in [2.05, 4.69) is 23.5 Å². The fraction of sp³-hybridized carbons (Fsp3) is 0.588. The number of benzene rings is 1. The van der Waals surface area contributed by atoms with Crippen LogP contribution in [0.5, 0.6) is 0 Å². The number of aryl methyl sites for hydroxylation is 2. The highest BCUT2D eigenvalue weighted by molar-refractivity contribution is 5.78. The lowest BCUT2D eigenvalue weighted by atomic mass is 9.90. The van der Waals surface area contributed by atoms with E-state index in [1.165, 1.54) is 30.4 Å². The molecule has 20 heavy (non-hydrogen) atoms. The number of rotatable bonds is 6. The van der Waals surface area contributed by atoms with Gasteiger partial charge in [-0.25, -0.2) is 0 Å². The zero-order valence-electron chi connectivity index (χ0n) is 12.3. The molecule has 1 aromatic rings. The standard InChI is InChI=1S/C17H25NO2/c1-2-16(9-10-19)18-17(20)12-13-7-8-14-5-3-4-6-15(14)11-13/h7-8,11,16,19H,2-6,9-10,12H2,1H3,(H,18,20). The molecule has 0 fully saturated rings. The Morgan fingerprint density at radius 1 is 1.30 bits per heavy atom. The van der Waals surface area contributed by atoms with E-state index in [0.29, 0.717) is 12.8 Å². The summed E-state index contributed by atoms with van der Waals surface area (Å²) in [7, 11) is 0. The van der Waals surface area contributed by atoms with E-state index in [9.17, 15) is 4.79 Å². The van der Waals surface area contributed by atoms with Crippen LogP contribution in [0.25, 0.3) is 0 Å². The second kappa shape index (κ2) is 7.44. The molecule has 0 spiro atoms. The zero-order valence-corrected chi connectivity index (χ0v) is 12.3. The van der Waals surface area contributed by atoms with E-state index in [0.717, 1.165) is 18.4 Å². The second-order valence-corrected chi connectivity index (χ2v) is 5.67. The average molecular weight is 275 g/mol. The summed E-state index contributed by atoms with van der Waals surface area (Å²) in [6, 6.07) is 6.55. The van der Waals surface area contributed by atoms with Crippen LogP contribution in [0.3, 0.4) is 0 Å². The maximum Gasteiger partial charge on any atom is 0.224 e. The van der Waals surface area contributed by atoms with Gasteiger partial charge in [-0.2, -0.15) is 0 Å². The molecule has 1 aliphatic rings. The third-order valence-electron chi connectivity index (χ3n) is 4.11. The van der Waals surface area contributed by atoms with Crippen LogP contribution >= 0.6 is 0 Å². The SMILES string of the molecule is CCC(CCO)NC(=O)Cc1ccc2c(c1)CCCC2. The minimum absolute atomic E-state index is 0.0565. The van der Waals surface area contributed by atoms with Gasteiger partial charge in [0.15, 0.2) is 0 Å². The van der Waals surface area contributed by atoms with Gasteiger partial charge in [-0.1, -0.05) is 25.1 Å². The predicted octanol–water partition coefficient (Wildman–Crippen LogP) is 2.39. The predicted molar refractivity (Wildman–Crippen MR) is 80.7 cm³/mol. The van der Waals surface area contributed by atoms with Crippen LogP contribution in [0.1, 0.15) is 49.3 Å². The third kappa shape index (κ3) is 4.07. The fourth-order valence-electron chi connectivity index (χ4n) is 2.90. The van der Waals surface area contributed by atoms with Crippen molar-refractivity contribution in [3.63, 3.8) is 0 Å². The lowest BCUT2D eigenvalue weighted by Gasteiger charge is -2.18. The van der Waals surface area contributed by atoms with Crippen molar-refractivity contribution in [1.82, 2.24) is 5.32 Å². The molecule has 1 aromatic carbocycles. The molecule has 1 amide bonds. The molecule has 1 atom stereocenters. The Balaban J connectivity index is 1.94. The summed E-state index contributed by atoms with van der Waals surface area (Å²) in [4.78, 5) is 12.0. The third-order valence-corrected chi connectivity index (χ3v) is 4.11. The Morgan fingerprint density at radius 3 is 2.75 bits per heavy atom. The Kier molecular flexibility index (Phi) is 5.60. The fourth-order valence-corrected chi connectivity index (χ4v) is 2.90. The lowest BCUT2D eigenvalue weighted by Crippen LogP contribution is -2.36. The largest absolute Gasteiger partial charge is 0.396 e. The maximum atomic E-state index is 12.0. The van der Waals surface area contributed by atoms with E-state index in [1.54, 1.807) is 0 Å². The summed E-state index contributed by atoms with van der Waals surface area (Å²) in [5.41, 5.74) is 3.97. The van der Waals surface area contributed by atoms with Crippen molar-refractivity contribution in [3.05, 3.63) is 34.9 Å². The van der Waals surface area contributed by atoms with Crippen LogP contribution < -0.4 is 5.32 Å². The molecule has 0 bridgehead atoms. The first-order chi connectivity index (χ1) is 9.72. The van der Waals surface area contributed by atoms with Gasteiger partial charge in [0.2, 0.25) is 5.91 Å². The van der Waals surface area contributed by atoms with Crippen LogP contribution in [0.15, 0.2) is 18.2 Å². The van der Waals surface area contributed by atoms with Gasteiger partial charge in [-0.05, 0) is 55.2 Å². The van der Waals surface area contributed by atoms with Gasteiger partial charge in [-0.15, -0.1) is 0 Å². The number of carbonyl (C=O) groups excluding carboxylic acids is 1. The molecule has 0 heterocycles. The molecule has 3 heteroatoms. The van der Waals surface area contributed by atoms with E-state index in [-0.39, 0.29) is 18.6 Å². The van der Waals surface area contributed by atoms with E-state index >= 15 is 0 Å². The molecule has 1 unspecified atom stereocenters. The van der Waals surface area contributed by atoms with Crippen molar-refractivity contribution < 1.29 is 9.90 Å². The highest BCUT2D eigenvalue weighted by Crippen LogP contribution is 2.22. The number of nitrogens with one attached hydrogen (secondary N) is 1. The number of aliphatic hydroxyl groups excluding tert-OH is 1. The summed E-state index contributed by atoms with van der Waals surface area (Å²) >= 11 is 0. The van der Waals surface area contributed by atoms with Crippen LogP contribution in [0.2, 0.25) is 0 Å². The summed E-state index contributed by atoms with van der Waals surface area (Å²) in [6.07, 6.45) is 6.80. The Hall–Kier alpha value is -1.35. The van der Waals surface area contributed by atoms with Crippen LogP contribution in [-0.2, 0) is 24.1 Å². The quantitative estimate of drug-likeness (QED) is 0.837. The van der Waals surface area contributed by atoms with Gasteiger partial charge in [0, 0.05) is 12.6 Å². The Bertz CT molecular complexity index is 456. The number of fused-ring (bicyclic) bond motifs is 1. The topological polar surface area (TPSA) is 49.3 Å². The number of amides is 1. The van der Waals surface area contributed by atoms with Crippen molar-refractivity contribution in [2.75, 3.05) is 6.61 Å². The van der Waals surface area contributed by atoms with Crippen LogP contribution in [-0.4, -0.2) is 23.7 Å². The minimum Gasteiger partial charge on any atom is -0.396 e. The summed E-state index contributed by atoms with van der Waals surface area (Å²) < 4.78 is 0. The molecule has 3 nitrogen and oxygen atoms in total. The van der Waals surface area contributed by atoms with Crippen molar-refractivity contribution >= 4 is 5.91 Å². The first kappa shape index (κ1) is 15.0. The molecule has 2 N–H and O–H groups in total. The van der Waals surface area contributed by atoms with Crippen molar-refractivity contribution in [2.45, 2.75) is 57.9 Å². The highest BCUT2D eigenvalue weighted by atomic mass is 16.3. The van der Waals surface area contributed by atoms with Crippen molar-refractivity contribution in [2.24, 2.45) is 0 Å².